The molecule has 0 heterocycles. The van der Waals surface area contributed by atoms with Crippen LogP contribution in [0.3, 0.4) is 0 Å². The number of hydrogen-bond donors (Lipinski definition) is 1. The third-order valence-corrected chi connectivity index (χ3v) is 4.29. The first kappa shape index (κ1) is 14.3. The van der Waals surface area contributed by atoms with Crippen LogP contribution in [0.5, 0.6) is 0 Å². The topological polar surface area (TPSA) is 15.3 Å². The fourth-order valence-electron chi connectivity index (χ4n) is 2.72. The van der Waals surface area contributed by atoms with Gasteiger partial charge in [-0.3, -0.25) is 0 Å². The molecule has 0 radical (unpaired) electrons. The van der Waals surface area contributed by atoms with Crippen molar-refractivity contribution in [3.63, 3.8) is 0 Å². The van der Waals surface area contributed by atoms with Gasteiger partial charge < -0.3 is 10.2 Å². The molecule has 0 saturated heterocycles. The molecular weight excluding hydrogens is 239 g/mol. The van der Waals surface area contributed by atoms with Crippen LogP contribution >= 0.6 is 0 Å². The fraction of sp³-hybridized carbons (Fsp3) is 0.625. The summed E-state index contributed by atoms with van der Waals surface area (Å²) in [4.78, 5) is 2.33. The Morgan fingerprint density at radius 3 is 2.63 bits per heavy atom. The quantitative estimate of drug-likeness (QED) is 0.870. The molecule has 0 spiro atoms. The predicted molar refractivity (Wildman–Crippen MR) is 79.3 cm³/mol. The molecule has 1 saturated carbocycles. The number of nitrogens with zero attached hydrogens (tertiary/aromatic N) is 1. The van der Waals surface area contributed by atoms with Crippen molar-refractivity contribution in [1.29, 1.82) is 0 Å². The minimum atomic E-state index is -0.106. The molecule has 0 aliphatic heterocycles. The Morgan fingerprint density at radius 2 is 2.11 bits per heavy atom. The predicted octanol–water partition coefficient (Wildman–Crippen LogP) is 3.79. The molecule has 106 valence electrons. The van der Waals surface area contributed by atoms with Crippen LogP contribution in [0.2, 0.25) is 0 Å². The van der Waals surface area contributed by atoms with Crippen molar-refractivity contribution in [2.45, 2.75) is 52.1 Å². The lowest BCUT2D eigenvalue weighted by molar-refractivity contribution is 0.399. The van der Waals surface area contributed by atoms with Crippen LogP contribution in [0.1, 0.15) is 50.3 Å². The molecule has 2 rings (SSSR count). The Hall–Kier alpha value is -1.09. The van der Waals surface area contributed by atoms with Crippen molar-refractivity contribution >= 4 is 5.69 Å². The lowest BCUT2D eigenvalue weighted by Crippen LogP contribution is -2.38. The molecule has 1 atom stereocenters. The van der Waals surface area contributed by atoms with E-state index in [1.807, 2.05) is 13.0 Å². The van der Waals surface area contributed by atoms with Gasteiger partial charge in [0.15, 0.2) is 0 Å². The van der Waals surface area contributed by atoms with Gasteiger partial charge in [-0.25, -0.2) is 4.39 Å². The van der Waals surface area contributed by atoms with Gasteiger partial charge in [-0.15, -0.1) is 0 Å². The second-order valence-corrected chi connectivity index (χ2v) is 5.64. The smallest absolute Gasteiger partial charge is 0.126 e. The number of nitrogens with one attached hydrogen (secondary N) is 1. The zero-order valence-corrected chi connectivity index (χ0v) is 12.5. The van der Waals surface area contributed by atoms with Gasteiger partial charge in [0, 0.05) is 24.8 Å². The average Bonchev–Trinajstić information content (AvgIpc) is 2.30. The summed E-state index contributed by atoms with van der Waals surface area (Å²) in [5.74, 6) is -0.106. The van der Waals surface area contributed by atoms with Gasteiger partial charge in [-0.2, -0.15) is 0 Å². The Morgan fingerprint density at radius 1 is 1.42 bits per heavy atom. The van der Waals surface area contributed by atoms with E-state index in [1.54, 1.807) is 6.07 Å². The summed E-state index contributed by atoms with van der Waals surface area (Å²) in [6.07, 6.45) is 3.82. The molecule has 0 amide bonds. The third kappa shape index (κ3) is 2.92. The summed E-state index contributed by atoms with van der Waals surface area (Å²) >= 11 is 0. The Kier molecular flexibility index (Phi) is 4.46. The first-order chi connectivity index (χ1) is 9.04. The molecule has 1 unspecified atom stereocenters. The van der Waals surface area contributed by atoms with Crippen LogP contribution in [0.4, 0.5) is 10.1 Å². The lowest BCUT2D eigenvalue weighted by atomic mass is 9.90. The third-order valence-electron chi connectivity index (χ3n) is 4.29. The molecule has 2 nitrogen and oxygen atoms in total. The van der Waals surface area contributed by atoms with Crippen LogP contribution in [0.25, 0.3) is 0 Å². The lowest BCUT2D eigenvalue weighted by Gasteiger charge is -2.38. The molecule has 0 aromatic heterocycles. The zero-order valence-electron chi connectivity index (χ0n) is 12.5. The summed E-state index contributed by atoms with van der Waals surface area (Å²) in [5, 5.41) is 3.39. The highest BCUT2D eigenvalue weighted by Crippen LogP contribution is 2.34. The van der Waals surface area contributed by atoms with Crippen molar-refractivity contribution in [2.24, 2.45) is 0 Å². The standard InChI is InChI=1S/C16H25FN2/c1-5-18-12(3)14-10-15(17)11(2)9-16(14)19(4)13-7-6-8-13/h9-10,12-13,18H,5-8H2,1-4H3. The number of benzene rings is 1. The second kappa shape index (κ2) is 5.91. The second-order valence-electron chi connectivity index (χ2n) is 5.64. The highest BCUT2D eigenvalue weighted by Gasteiger charge is 2.25. The molecule has 19 heavy (non-hydrogen) atoms. The molecule has 1 aliphatic carbocycles. The Labute approximate surface area is 116 Å². The highest BCUT2D eigenvalue weighted by atomic mass is 19.1. The van der Waals surface area contributed by atoms with Crippen LogP contribution in [-0.2, 0) is 0 Å². The van der Waals surface area contributed by atoms with Crippen LogP contribution < -0.4 is 10.2 Å². The fourth-order valence-corrected chi connectivity index (χ4v) is 2.72. The molecule has 3 heteroatoms. The number of hydrogen-bond acceptors (Lipinski definition) is 2. The van der Waals surface area contributed by atoms with Crippen molar-refractivity contribution in [3.8, 4) is 0 Å². The van der Waals surface area contributed by atoms with E-state index in [4.69, 9.17) is 0 Å². The Bertz CT molecular complexity index is 441. The average molecular weight is 264 g/mol. The van der Waals surface area contributed by atoms with E-state index in [1.165, 1.54) is 24.9 Å². The van der Waals surface area contributed by atoms with Gasteiger partial charge in [0.05, 0.1) is 0 Å². The van der Waals surface area contributed by atoms with Gasteiger partial charge in [0.25, 0.3) is 0 Å². The van der Waals surface area contributed by atoms with Crippen molar-refractivity contribution in [1.82, 2.24) is 5.32 Å². The monoisotopic (exact) mass is 264 g/mol. The van der Waals surface area contributed by atoms with Gasteiger partial charge in [-0.05, 0) is 62.9 Å². The first-order valence-corrected chi connectivity index (χ1v) is 7.30. The maximum Gasteiger partial charge on any atom is 0.126 e. The minimum absolute atomic E-state index is 0.106. The van der Waals surface area contributed by atoms with Gasteiger partial charge in [0.1, 0.15) is 5.82 Å². The summed E-state index contributed by atoms with van der Waals surface area (Å²) < 4.78 is 13.9. The van der Waals surface area contributed by atoms with Crippen molar-refractivity contribution in [2.75, 3.05) is 18.5 Å². The zero-order chi connectivity index (χ0) is 14.0. The van der Waals surface area contributed by atoms with E-state index in [9.17, 15) is 4.39 Å². The maximum absolute atomic E-state index is 13.9. The van der Waals surface area contributed by atoms with E-state index < -0.39 is 0 Å². The first-order valence-electron chi connectivity index (χ1n) is 7.30. The van der Waals surface area contributed by atoms with E-state index in [0.717, 1.165) is 17.7 Å². The summed E-state index contributed by atoms with van der Waals surface area (Å²) in [6, 6.07) is 4.50. The highest BCUT2D eigenvalue weighted by molar-refractivity contribution is 5.57. The van der Waals surface area contributed by atoms with Gasteiger partial charge >= 0.3 is 0 Å². The molecule has 1 aliphatic rings. The van der Waals surface area contributed by atoms with E-state index in [2.05, 4.69) is 31.1 Å². The summed E-state index contributed by atoms with van der Waals surface area (Å²) in [7, 11) is 2.14. The minimum Gasteiger partial charge on any atom is -0.371 e. The molecule has 1 aromatic carbocycles. The number of anilines is 1. The number of halogens is 1. The normalized spacial score (nSPS) is 17.1. The molecule has 1 aromatic rings. The van der Waals surface area contributed by atoms with E-state index >= 15 is 0 Å². The summed E-state index contributed by atoms with van der Waals surface area (Å²) in [6.45, 7) is 6.92. The van der Waals surface area contributed by atoms with E-state index in [0.29, 0.717) is 6.04 Å². The summed E-state index contributed by atoms with van der Waals surface area (Å²) in [5.41, 5.74) is 2.98. The van der Waals surface area contributed by atoms with Crippen LogP contribution in [0, 0.1) is 12.7 Å². The van der Waals surface area contributed by atoms with Gasteiger partial charge in [0.2, 0.25) is 0 Å². The van der Waals surface area contributed by atoms with Crippen LogP contribution in [0.15, 0.2) is 12.1 Å². The maximum atomic E-state index is 13.9. The van der Waals surface area contributed by atoms with Gasteiger partial charge in [-0.1, -0.05) is 6.92 Å². The number of aryl methyl sites for hydroxylation is 1. The molecule has 1 N–H and O–H groups in total. The van der Waals surface area contributed by atoms with Crippen molar-refractivity contribution < 1.29 is 4.39 Å². The SMILES string of the molecule is CCNC(C)c1cc(F)c(C)cc1N(C)C1CCC1. The molecular formula is C16H25FN2. The largest absolute Gasteiger partial charge is 0.371 e. The van der Waals surface area contributed by atoms with Crippen molar-refractivity contribution in [3.05, 3.63) is 29.1 Å². The van der Waals surface area contributed by atoms with E-state index in [-0.39, 0.29) is 11.9 Å². The van der Waals surface area contributed by atoms with Crippen LogP contribution in [-0.4, -0.2) is 19.6 Å². The molecule has 1 fully saturated rings. The number of rotatable bonds is 5. The Balaban J connectivity index is 2.35. The molecule has 0 bridgehead atoms.